The number of ether oxygens (including phenoxy) is 2. The Hall–Kier alpha value is -3.28. The number of amides is 1. The molecular formula is C24H25NO5. The first-order chi connectivity index (χ1) is 14.2. The molecule has 6 heteroatoms. The quantitative estimate of drug-likeness (QED) is 0.488. The highest BCUT2D eigenvalue weighted by molar-refractivity contribution is 5.98. The number of carbonyl (C=O) groups excluding carboxylic acids is 2. The second kappa shape index (κ2) is 7.20. The first-order valence-electron chi connectivity index (χ1n) is 9.99. The number of esters is 1. The molecule has 1 unspecified atom stereocenters. The number of furan rings is 1. The van der Waals surface area contributed by atoms with Crippen molar-refractivity contribution in [1.29, 1.82) is 0 Å². The Morgan fingerprint density at radius 3 is 2.53 bits per heavy atom. The van der Waals surface area contributed by atoms with Crippen LogP contribution >= 0.6 is 0 Å². The molecule has 1 aliphatic heterocycles. The predicted molar refractivity (Wildman–Crippen MR) is 114 cm³/mol. The van der Waals surface area contributed by atoms with E-state index in [0.29, 0.717) is 35.8 Å². The van der Waals surface area contributed by atoms with Crippen molar-refractivity contribution in [3.8, 4) is 11.5 Å². The number of hydrogen-bond donors (Lipinski definition) is 1. The van der Waals surface area contributed by atoms with Crippen LogP contribution in [0.1, 0.15) is 42.5 Å². The van der Waals surface area contributed by atoms with Gasteiger partial charge in [0.1, 0.15) is 17.1 Å². The number of rotatable bonds is 3. The molecule has 1 aliphatic rings. The molecule has 0 spiro atoms. The second-order valence-electron chi connectivity index (χ2n) is 8.04. The van der Waals surface area contributed by atoms with Gasteiger partial charge in [-0.2, -0.15) is 0 Å². The predicted octanol–water partition coefficient (Wildman–Crippen LogP) is 5.01. The Bertz CT molecular complexity index is 1140. The van der Waals surface area contributed by atoms with E-state index in [9.17, 15) is 9.59 Å². The summed E-state index contributed by atoms with van der Waals surface area (Å²) < 4.78 is 17.5. The Balaban J connectivity index is 1.63. The van der Waals surface area contributed by atoms with Crippen molar-refractivity contribution in [3.05, 3.63) is 52.6 Å². The van der Waals surface area contributed by atoms with E-state index in [1.54, 1.807) is 13.0 Å². The zero-order chi connectivity index (χ0) is 21.6. The number of hydrogen-bond acceptors (Lipinski definition) is 5. The Labute approximate surface area is 175 Å². The number of fused-ring (bicyclic) bond motifs is 2. The van der Waals surface area contributed by atoms with Gasteiger partial charge in [0, 0.05) is 30.4 Å². The zero-order valence-electron chi connectivity index (χ0n) is 17.8. The highest BCUT2D eigenvalue weighted by Gasteiger charge is 2.41. The number of anilines is 1. The third-order valence-corrected chi connectivity index (χ3v) is 5.88. The van der Waals surface area contributed by atoms with Gasteiger partial charge in [-0.15, -0.1) is 0 Å². The molecule has 1 aromatic heterocycles. The molecule has 0 radical (unpaired) electrons. The summed E-state index contributed by atoms with van der Waals surface area (Å²) >= 11 is 0. The molecule has 6 nitrogen and oxygen atoms in total. The Morgan fingerprint density at radius 2 is 1.83 bits per heavy atom. The highest BCUT2D eigenvalue weighted by atomic mass is 16.5. The Morgan fingerprint density at radius 1 is 1.10 bits per heavy atom. The van der Waals surface area contributed by atoms with E-state index >= 15 is 0 Å². The molecule has 2 aromatic carbocycles. The van der Waals surface area contributed by atoms with Crippen molar-refractivity contribution >= 4 is 28.7 Å². The summed E-state index contributed by atoms with van der Waals surface area (Å²) in [6, 6.07) is 9.40. The van der Waals surface area contributed by atoms with Crippen molar-refractivity contribution in [2.75, 3.05) is 5.32 Å². The minimum absolute atomic E-state index is 0.258. The van der Waals surface area contributed by atoms with Gasteiger partial charge in [-0.25, -0.2) is 0 Å². The minimum atomic E-state index is -1.04. The lowest BCUT2D eigenvalue weighted by atomic mass is 9.86. The van der Waals surface area contributed by atoms with Crippen LogP contribution < -0.4 is 14.8 Å². The topological polar surface area (TPSA) is 77.8 Å². The van der Waals surface area contributed by atoms with E-state index in [1.807, 2.05) is 45.0 Å². The summed E-state index contributed by atoms with van der Waals surface area (Å²) in [7, 11) is 0. The van der Waals surface area contributed by atoms with Crippen LogP contribution in [-0.4, -0.2) is 17.5 Å². The van der Waals surface area contributed by atoms with Crippen molar-refractivity contribution in [2.24, 2.45) is 0 Å². The summed E-state index contributed by atoms with van der Waals surface area (Å²) in [5, 5.41) is 3.78. The van der Waals surface area contributed by atoms with Crippen molar-refractivity contribution in [1.82, 2.24) is 0 Å². The molecule has 0 fully saturated rings. The molecule has 0 aliphatic carbocycles. The van der Waals surface area contributed by atoms with Gasteiger partial charge >= 0.3 is 5.97 Å². The molecule has 1 atom stereocenters. The minimum Gasteiger partial charge on any atom is -0.477 e. The number of benzene rings is 2. The normalized spacial score (nSPS) is 17.9. The van der Waals surface area contributed by atoms with Crippen LogP contribution in [0.2, 0.25) is 0 Å². The van der Waals surface area contributed by atoms with Crippen molar-refractivity contribution in [2.45, 2.75) is 53.1 Å². The van der Waals surface area contributed by atoms with Gasteiger partial charge < -0.3 is 13.9 Å². The molecule has 3 aromatic rings. The van der Waals surface area contributed by atoms with Crippen LogP contribution in [0.25, 0.3) is 11.0 Å². The fourth-order valence-electron chi connectivity index (χ4n) is 3.98. The zero-order valence-corrected chi connectivity index (χ0v) is 17.8. The lowest BCUT2D eigenvalue weighted by Crippen LogP contribution is -2.48. The summed E-state index contributed by atoms with van der Waals surface area (Å²) in [6.45, 7) is 8.92. The largest absolute Gasteiger partial charge is 0.477 e. The lowest BCUT2D eigenvalue weighted by molar-refractivity contribution is -0.132. The first-order valence-corrected chi connectivity index (χ1v) is 9.99. The summed E-state index contributed by atoms with van der Waals surface area (Å²) in [4.78, 5) is 24.6. The van der Waals surface area contributed by atoms with Crippen LogP contribution in [0, 0.1) is 20.8 Å². The summed E-state index contributed by atoms with van der Waals surface area (Å²) in [5.74, 6) is 1.05. The van der Waals surface area contributed by atoms with Gasteiger partial charge in [0.05, 0.1) is 0 Å². The molecule has 4 rings (SSSR count). The third-order valence-electron chi connectivity index (χ3n) is 5.88. The third kappa shape index (κ3) is 3.32. The SMILES string of the molecule is CC(=O)Oc1c(C)c(C)c2c(c1C)CCC(C)(C(=O)Nc1cc3ccccc3o1)O2. The van der Waals surface area contributed by atoms with Gasteiger partial charge in [0.15, 0.2) is 5.60 Å². The van der Waals surface area contributed by atoms with Gasteiger partial charge in [0.25, 0.3) is 5.91 Å². The number of carbonyl (C=O) groups is 2. The second-order valence-corrected chi connectivity index (χ2v) is 8.04. The van der Waals surface area contributed by atoms with E-state index in [4.69, 9.17) is 13.9 Å². The van der Waals surface area contributed by atoms with E-state index in [0.717, 1.165) is 27.6 Å². The van der Waals surface area contributed by atoms with E-state index in [-0.39, 0.29) is 11.9 Å². The van der Waals surface area contributed by atoms with Crippen LogP contribution in [0.3, 0.4) is 0 Å². The Kier molecular flexibility index (Phi) is 4.80. The van der Waals surface area contributed by atoms with Crippen LogP contribution in [0.15, 0.2) is 34.7 Å². The lowest BCUT2D eigenvalue weighted by Gasteiger charge is -2.36. The molecule has 0 bridgehead atoms. The van der Waals surface area contributed by atoms with Gasteiger partial charge in [-0.3, -0.25) is 14.9 Å². The molecule has 0 saturated carbocycles. The van der Waals surface area contributed by atoms with Gasteiger partial charge in [-0.05, 0) is 56.9 Å². The summed E-state index contributed by atoms with van der Waals surface area (Å²) in [6.07, 6.45) is 1.13. The monoisotopic (exact) mass is 407 g/mol. The smallest absolute Gasteiger partial charge is 0.308 e. The summed E-state index contributed by atoms with van der Waals surface area (Å²) in [5.41, 5.74) is 3.23. The maximum Gasteiger partial charge on any atom is 0.308 e. The van der Waals surface area contributed by atoms with E-state index < -0.39 is 5.60 Å². The molecule has 1 N–H and O–H groups in total. The van der Waals surface area contributed by atoms with Crippen LogP contribution in [0.5, 0.6) is 11.5 Å². The molecule has 30 heavy (non-hydrogen) atoms. The average molecular weight is 407 g/mol. The number of nitrogens with one attached hydrogen (secondary N) is 1. The van der Waals surface area contributed by atoms with Crippen molar-refractivity contribution in [3.63, 3.8) is 0 Å². The molecule has 0 saturated heterocycles. The van der Waals surface area contributed by atoms with Crippen molar-refractivity contribution < 1.29 is 23.5 Å². The van der Waals surface area contributed by atoms with Crippen LogP contribution in [0.4, 0.5) is 5.88 Å². The van der Waals surface area contributed by atoms with E-state index in [1.165, 1.54) is 6.92 Å². The maximum absolute atomic E-state index is 13.1. The first kappa shape index (κ1) is 20.0. The fourth-order valence-corrected chi connectivity index (χ4v) is 3.98. The average Bonchev–Trinajstić information content (AvgIpc) is 3.11. The van der Waals surface area contributed by atoms with Gasteiger partial charge in [-0.1, -0.05) is 18.2 Å². The molecule has 2 heterocycles. The van der Waals surface area contributed by atoms with Gasteiger partial charge in [0.2, 0.25) is 5.88 Å². The van der Waals surface area contributed by atoms with E-state index in [2.05, 4.69) is 5.32 Å². The molecule has 156 valence electrons. The number of para-hydroxylation sites is 1. The molecule has 1 amide bonds. The fraction of sp³-hybridized carbons (Fsp3) is 0.333. The van der Waals surface area contributed by atoms with Crippen LogP contribution in [-0.2, 0) is 16.0 Å². The molecular weight excluding hydrogens is 382 g/mol. The highest BCUT2D eigenvalue weighted by Crippen LogP contribution is 2.44. The maximum atomic E-state index is 13.1. The standard InChI is InChI=1S/C24H25NO5/c1-13-14(2)22-18(15(3)21(13)28-16(4)26)10-11-24(5,30-22)23(27)25-20-12-17-8-6-7-9-19(17)29-20/h6-9,12H,10-11H2,1-5H3,(H,25,27).